The molecule has 0 saturated carbocycles. The predicted octanol–water partition coefficient (Wildman–Crippen LogP) is 3.77. The molecule has 0 aliphatic carbocycles. The van der Waals surface area contributed by atoms with Crippen molar-refractivity contribution in [3.05, 3.63) is 64.6 Å². The third-order valence-corrected chi connectivity index (χ3v) is 3.52. The molecule has 2 N–H and O–H groups in total. The van der Waals surface area contributed by atoms with E-state index in [0.29, 0.717) is 0 Å². The number of halogens is 1. The van der Waals surface area contributed by atoms with Gasteiger partial charge < -0.3 is 10.4 Å². The molecule has 0 heterocycles. The minimum atomic E-state index is -0.484. The highest BCUT2D eigenvalue weighted by Gasteiger charge is 2.25. The number of hydrogen-bond acceptors (Lipinski definition) is 2. The van der Waals surface area contributed by atoms with Gasteiger partial charge in [0.15, 0.2) is 0 Å². The molecule has 0 fully saturated rings. The molecule has 0 aromatic heterocycles. The zero-order chi connectivity index (χ0) is 13.0. The fraction of sp³-hybridized carbons (Fsp3) is 0.200. The SMILES string of the molecule is CC(CO)(Nc1ccccc1)c1ccc(Br)cc1. The summed E-state index contributed by atoms with van der Waals surface area (Å²) in [4.78, 5) is 0. The minimum Gasteiger partial charge on any atom is -0.394 e. The zero-order valence-corrected chi connectivity index (χ0v) is 11.8. The summed E-state index contributed by atoms with van der Waals surface area (Å²) in [7, 11) is 0. The van der Waals surface area contributed by atoms with Crippen LogP contribution in [-0.4, -0.2) is 11.7 Å². The van der Waals surface area contributed by atoms with Crippen LogP contribution in [-0.2, 0) is 5.54 Å². The number of aliphatic hydroxyl groups excluding tert-OH is 1. The Bertz CT molecular complexity index is 498. The molecule has 0 radical (unpaired) electrons. The molecule has 0 bridgehead atoms. The summed E-state index contributed by atoms with van der Waals surface area (Å²) in [6.07, 6.45) is 0. The van der Waals surface area contributed by atoms with E-state index in [1.165, 1.54) is 0 Å². The Morgan fingerprint density at radius 3 is 2.22 bits per heavy atom. The van der Waals surface area contributed by atoms with Gasteiger partial charge in [-0.25, -0.2) is 0 Å². The zero-order valence-electron chi connectivity index (χ0n) is 10.2. The second-order valence-electron chi connectivity index (χ2n) is 4.49. The van der Waals surface area contributed by atoms with E-state index in [4.69, 9.17) is 0 Å². The van der Waals surface area contributed by atoms with Gasteiger partial charge in [-0.15, -0.1) is 0 Å². The molecular formula is C15H16BrNO. The predicted molar refractivity (Wildman–Crippen MR) is 78.6 cm³/mol. The van der Waals surface area contributed by atoms with Crippen molar-refractivity contribution in [2.24, 2.45) is 0 Å². The maximum atomic E-state index is 9.70. The average Bonchev–Trinajstić information content (AvgIpc) is 2.40. The molecule has 2 rings (SSSR count). The first kappa shape index (κ1) is 13.1. The van der Waals surface area contributed by atoms with Crippen LogP contribution in [0, 0.1) is 0 Å². The smallest absolute Gasteiger partial charge is 0.0828 e. The Morgan fingerprint density at radius 2 is 1.67 bits per heavy atom. The molecule has 0 saturated heterocycles. The summed E-state index contributed by atoms with van der Waals surface area (Å²) in [6, 6.07) is 17.9. The molecule has 0 spiro atoms. The second kappa shape index (κ2) is 5.55. The van der Waals surface area contributed by atoms with Gasteiger partial charge in [0.05, 0.1) is 12.1 Å². The van der Waals surface area contributed by atoms with Crippen LogP contribution in [0.4, 0.5) is 5.69 Å². The van der Waals surface area contributed by atoms with Gasteiger partial charge in [0.1, 0.15) is 0 Å². The topological polar surface area (TPSA) is 32.3 Å². The first-order valence-corrected chi connectivity index (χ1v) is 6.63. The minimum absolute atomic E-state index is 0.0313. The third kappa shape index (κ3) is 2.92. The Balaban J connectivity index is 2.28. The van der Waals surface area contributed by atoms with E-state index in [0.717, 1.165) is 15.7 Å². The summed E-state index contributed by atoms with van der Waals surface area (Å²) in [5, 5.41) is 13.1. The highest BCUT2D eigenvalue weighted by atomic mass is 79.9. The molecular weight excluding hydrogens is 290 g/mol. The Labute approximate surface area is 116 Å². The maximum absolute atomic E-state index is 9.70. The fourth-order valence-corrected chi connectivity index (χ4v) is 2.13. The number of aliphatic hydroxyl groups is 1. The average molecular weight is 306 g/mol. The standard InChI is InChI=1S/C15H16BrNO/c1-15(11-18,12-7-9-13(16)10-8-12)17-14-5-3-2-4-6-14/h2-10,17-18H,11H2,1H3. The lowest BCUT2D eigenvalue weighted by Crippen LogP contribution is -2.35. The van der Waals surface area contributed by atoms with Crippen LogP contribution < -0.4 is 5.32 Å². The molecule has 2 aromatic carbocycles. The number of anilines is 1. The molecule has 0 aliphatic heterocycles. The highest BCUT2D eigenvalue weighted by molar-refractivity contribution is 9.10. The van der Waals surface area contributed by atoms with Crippen LogP contribution in [0.15, 0.2) is 59.1 Å². The molecule has 18 heavy (non-hydrogen) atoms. The molecule has 0 amide bonds. The van der Waals surface area contributed by atoms with Gasteiger partial charge in [0.2, 0.25) is 0 Å². The lowest BCUT2D eigenvalue weighted by Gasteiger charge is -2.30. The van der Waals surface area contributed by atoms with E-state index in [1.807, 2.05) is 61.5 Å². The quantitative estimate of drug-likeness (QED) is 0.901. The molecule has 1 unspecified atom stereocenters. The van der Waals surface area contributed by atoms with Gasteiger partial charge >= 0.3 is 0 Å². The van der Waals surface area contributed by atoms with Gasteiger partial charge in [-0.1, -0.05) is 46.3 Å². The molecule has 2 nitrogen and oxygen atoms in total. The summed E-state index contributed by atoms with van der Waals surface area (Å²) in [6.45, 7) is 2.02. The van der Waals surface area contributed by atoms with Crippen molar-refractivity contribution in [1.29, 1.82) is 0 Å². The van der Waals surface area contributed by atoms with E-state index < -0.39 is 5.54 Å². The van der Waals surface area contributed by atoms with Crippen LogP contribution in [0.25, 0.3) is 0 Å². The van der Waals surface area contributed by atoms with Gasteiger partial charge in [-0.3, -0.25) is 0 Å². The van der Waals surface area contributed by atoms with Crippen molar-refractivity contribution < 1.29 is 5.11 Å². The highest BCUT2D eigenvalue weighted by Crippen LogP contribution is 2.26. The van der Waals surface area contributed by atoms with Crippen molar-refractivity contribution in [2.45, 2.75) is 12.5 Å². The van der Waals surface area contributed by atoms with Crippen molar-refractivity contribution in [3.63, 3.8) is 0 Å². The number of para-hydroxylation sites is 1. The molecule has 3 heteroatoms. The largest absolute Gasteiger partial charge is 0.394 e. The van der Waals surface area contributed by atoms with Crippen LogP contribution in [0.5, 0.6) is 0 Å². The van der Waals surface area contributed by atoms with E-state index >= 15 is 0 Å². The van der Waals surface area contributed by atoms with Crippen LogP contribution in [0.2, 0.25) is 0 Å². The summed E-state index contributed by atoms with van der Waals surface area (Å²) < 4.78 is 1.03. The van der Waals surface area contributed by atoms with Crippen molar-refractivity contribution in [1.82, 2.24) is 0 Å². The summed E-state index contributed by atoms with van der Waals surface area (Å²) in [5.74, 6) is 0. The Hall–Kier alpha value is -1.32. The Morgan fingerprint density at radius 1 is 1.06 bits per heavy atom. The first-order valence-electron chi connectivity index (χ1n) is 5.84. The molecule has 2 aromatic rings. The van der Waals surface area contributed by atoms with Gasteiger partial charge in [-0.2, -0.15) is 0 Å². The monoisotopic (exact) mass is 305 g/mol. The Kier molecular flexibility index (Phi) is 4.04. The number of hydrogen-bond donors (Lipinski definition) is 2. The van der Waals surface area contributed by atoms with Crippen molar-refractivity contribution in [3.8, 4) is 0 Å². The normalized spacial score (nSPS) is 13.9. The van der Waals surface area contributed by atoms with E-state index in [9.17, 15) is 5.11 Å². The van der Waals surface area contributed by atoms with Crippen LogP contribution >= 0.6 is 15.9 Å². The van der Waals surface area contributed by atoms with E-state index in [2.05, 4.69) is 21.2 Å². The number of nitrogens with one attached hydrogen (secondary N) is 1. The van der Waals surface area contributed by atoms with Crippen molar-refractivity contribution >= 4 is 21.6 Å². The van der Waals surface area contributed by atoms with E-state index in [1.54, 1.807) is 0 Å². The maximum Gasteiger partial charge on any atom is 0.0828 e. The summed E-state index contributed by atoms with van der Waals surface area (Å²) >= 11 is 3.42. The molecule has 94 valence electrons. The fourth-order valence-electron chi connectivity index (χ4n) is 1.86. The number of benzene rings is 2. The third-order valence-electron chi connectivity index (χ3n) is 2.99. The summed E-state index contributed by atoms with van der Waals surface area (Å²) in [5.41, 5.74) is 1.57. The van der Waals surface area contributed by atoms with Crippen LogP contribution in [0.1, 0.15) is 12.5 Å². The van der Waals surface area contributed by atoms with Gasteiger partial charge in [-0.05, 0) is 36.8 Å². The van der Waals surface area contributed by atoms with Gasteiger partial charge in [0, 0.05) is 10.2 Å². The second-order valence-corrected chi connectivity index (χ2v) is 5.40. The first-order chi connectivity index (χ1) is 8.64. The van der Waals surface area contributed by atoms with E-state index in [-0.39, 0.29) is 6.61 Å². The van der Waals surface area contributed by atoms with Gasteiger partial charge in [0.25, 0.3) is 0 Å². The van der Waals surface area contributed by atoms with Crippen molar-refractivity contribution in [2.75, 3.05) is 11.9 Å². The molecule has 1 atom stereocenters. The number of rotatable bonds is 4. The van der Waals surface area contributed by atoms with Crippen LogP contribution in [0.3, 0.4) is 0 Å². The lowest BCUT2D eigenvalue weighted by molar-refractivity contribution is 0.224. The lowest BCUT2D eigenvalue weighted by atomic mass is 9.92. The molecule has 0 aliphatic rings.